The third-order valence-corrected chi connectivity index (χ3v) is 9.28. The molecule has 2 aromatic carbocycles. The summed E-state index contributed by atoms with van der Waals surface area (Å²) in [4.78, 5) is 26.4. The molecule has 2 aromatic rings. The minimum Gasteiger partial charge on any atom is -0.294 e. The van der Waals surface area contributed by atoms with Crippen LogP contribution in [-0.4, -0.2) is 34.7 Å². The maximum atomic E-state index is 13.5. The lowest BCUT2D eigenvalue weighted by Gasteiger charge is -2.25. The standard InChI is InChI=1S/C22H19ClO6S2/c1-30(26,27)16-9-10-17(18(23)12-16)21(25)19-20(24)13-7-8-14(11-13)22(19)31(28,29)15-5-3-2-4-6-15/h2-6,9-10,12-14H,7-8,11H2,1H3. The van der Waals surface area contributed by atoms with Gasteiger partial charge in [0.05, 0.1) is 25.3 Å². The van der Waals surface area contributed by atoms with Crippen LogP contribution >= 0.6 is 11.6 Å². The molecule has 2 aliphatic carbocycles. The van der Waals surface area contributed by atoms with Crippen LogP contribution in [0.2, 0.25) is 5.02 Å². The molecule has 9 heteroatoms. The molecule has 0 saturated heterocycles. The molecule has 1 fully saturated rings. The lowest BCUT2D eigenvalue weighted by Crippen LogP contribution is -2.30. The van der Waals surface area contributed by atoms with E-state index < -0.39 is 43.1 Å². The molecule has 31 heavy (non-hydrogen) atoms. The minimum absolute atomic E-state index is 0.0203. The Kier molecular flexibility index (Phi) is 5.44. The summed E-state index contributed by atoms with van der Waals surface area (Å²) in [5, 5.41) is -0.150. The number of Topliss-reactive ketones (excluding diaryl/α,β-unsaturated/α-hetero) is 2. The van der Waals surface area contributed by atoms with Crippen LogP contribution in [0.3, 0.4) is 0 Å². The summed E-state index contributed by atoms with van der Waals surface area (Å²) < 4.78 is 50.5. The molecule has 2 aliphatic rings. The van der Waals surface area contributed by atoms with Crippen molar-refractivity contribution in [1.82, 2.24) is 0 Å². The average Bonchev–Trinajstić information content (AvgIpc) is 3.15. The Hall–Kier alpha value is -2.29. The highest BCUT2D eigenvalue weighted by atomic mass is 35.5. The second kappa shape index (κ2) is 7.69. The van der Waals surface area contributed by atoms with Gasteiger partial charge in [0.25, 0.3) is 0 Å². The third kappa shape index (κ3) is 3.77. The van der Waals surface area contributed by atoms with E-state index in [0.29, 0.717) is 19.3 Å². The van der Waals surface area contributed by atoms with E-state index in [1.165, 1.54) is 24.3 Å². The van der Waals surface area contributed by atoms with Gasteiger partial charge in [-0.3, -0.25) is 9.59 Å². The molecule has 2 bridgehead atoms. The van der Waals surface area contributed by atoms with Gasteiger partial charge in [-0.2, -0.15) is 0 Å². The Morgan fingerprint density at radius 3 is 2.19 bits per heavy atom. The van der Waals surface area contributed by atoms with Crippen molar-refractivity contribution in [1.29, 1.82) is 0 Å². The van der Waals surface area contributed by atoms with Gasteiger partial charge in [-0.25, -0.2) is 16.8 Å². The zero-order valence-corrected chi connectivity index (χ0v) is 18.9. The highest BCUT2D eigenvalue weighted by Crippen LogP contribution is 2.47. The molecular weight excluding hydrogens is 460 g/mol. The van der Waals surface area contributed by atoms with E-state index in [-0.39, 0.29) is 30.9 Å². The van der Waals surface area contributed by atoms with Gasteiger partial charge in [0.1, 0.15) is 0 Å². The summed E-state index contributed by atoms with van der Waals surface area (Å²) in [6.45, 7) is 0. The molecule has 0 amide bonds. The van der Waals surface area contributed by atoms with Crippen molar-refractivity contribution in [2.75, 3.05) is 6.26 Å². The predicted molar refractivity (Wildman–Crippen MR) is 115 cm³/mol. The minimum atomic E-state index is -4.08. The van der Waals surface area contributed by atoms with Crippen molar-refractivity contribution in [3.63, 3.8) is 0 Å². The number of benzene rings is 2. The first-order chi connectivity index (χ1) is 14.5. The zero-order valence-electron chi connectivity index (χ0n) is 16.5. The predicted octanol–water partition coefficient (Wildman–Crippen LogP) is 3.65. The van der Waals surface area contributed by atoms with Gasteiger partial charge in [-0.05, 0) is 55.5 Å². The summed E-state index contributed by atoms with van der Waals surface area (Å²) in [6, 6.07) is 11.3. The van der Waals surface area contributed by atoms with Crippen molar-refractivity contribution in [3.05, 3.63) is 69.6 Å². The summed E-state index contributed by atoms with van der Waals surface area (Å²) in [6.07, 6.45) is 2.44. The maximum absolute atomic E-state index is 13.5. The van der Waals surface area contributed by atoms with Crippen LogP contribution in [-0.2, 0) is 24.5 Å². The molecule has 0 spiro atoms. The van der Waals surface area contributed by atoms with Crippen LogP contribution in [0, 0.1) is 11.8 Å². The van der Waals surface area contributed by atoms with Gasteiger partial charge in [-0.1, -0.05) is 29.8 Å². The van der Waals surface area contributed by atoms with Crippen LogP contribution in [0.1, 0.15) is 29.6 Å². The van der Waals surface area contributed by atoms with Gasteiger partial charge in [0.2, 0.25) is 9.84 Å². The number of halogens is 1. The fourth-order valence-electron chi connectivity index (χ4n) is 4.34. The van der Waals surface area contributed by atoms with Crippen molar-refractivity contribution in [3.8, 4) is 0 Å². The molecule has 0 heterocycles. The summed E-state index contributed by atoms with van der Waals surface area (Å²) >= 11 is 6.20. The lowest BCUT2D eigenvalue weighted by molar-refractivity contribution is -0.119. The average molecular weight is 479 g/mol. The fraction of sp³-hybridized carbons (Fsp3) is 0.273. The van der Waals surface area contributed by atoms with Crippen LogP contribution in [0.5, 0.6) is 0 Å². The van der Waals surface area contributed by atoms with Crippen LogP contribution in [0.25, 0.3) is 0 Å². The van der Waals surface area contributed by atoms with Crippen molar-refractivity contribution in [2.24, 2.45) is 11.8 Å². The van der Waals surface area contributed by atoms with Gasteiger partial charge >= 0.3 is 0 Å². The van der Waals surface area contributed by atoms with E-state index >= 15 is 0 Å². The Morgan fingerprint density at radius 1 is 0.935 bits per heavy atom. The molecule has 0 aromatic heterocycles. The first kappa shape index (κ1) is 21.9. The highest BCUT2D eigenvalue weighted by molar-refractivity contribution is 7.95. The molecular formula is C22H19ClO6S2. The van der Waals surface area contributed by atoms with Crippen LogP contribution in [0.15, 0.2) is 68.8 Å². The first-order valence-corrected chi connectivity index (χ1v) is 13.4. The largest absolute Gasteiger partial charge is 0.294 e. The van der Waals surface area contributed by atoms with Crippen LogP contribution < -0.4 is 0 Å². The zero-order chi connectivity index (χ0) is 22.6. The van der Waals surface area contributed by atoms with Gasteiger partial charge in [-0.15, -0.1) is 0 Å². The van der Waals surface area contributed by atoms with Gasteiger partial charge in [0.15, 0.2) is 21.4 Å². The van der Waals surface area contributed by atoms with Gasteiger partial charge in [0, 0.05) is 17.7 Å². The number of ketones is 2. The number of allylic oxidation sites excluding steroid dienone is 2. The SMILES string of the molecule is CS(=O)(=O)c1ccc(C(=O)C2=C(S(=O)(=O)c3ccccc3)C3CCC(C3)C2=O)c(Cl)c1. The van der Waals surface area contributed by atoms with E-state index in [2.05, 4.69) is 0 Å². The summed E-state index contributed by atoms with van der Waals surface area (Å²) in [5.41, 5.74) is -0.448. The molecule has 0 aliphatic heterocycles. The molecule has 162 valence electrons. The quantitative estimate of drug-likeness (QED) is 0.480. The lowest BCUT2D eigenvalue weighted by atomic mass is 9.84. The molecule has 0 radical (unpaired) electrons. The third-order valence-electron chi connectivity index (χ3n) is 5.85. The van der Waals surface area contributed by atoms with Crippen molar-refractivity contribution < 1.29 is 26.4 Å². The number of hydrogen-bond donors (Lipinski definition) is 0. The Morgan fingerprint density at radius 2 is 1.58 bits per heavy atom. The summed E-state index contributed by atoms with van der Waals surface area (Å²) in [7, 11) is -7.63. The van der Waals surface area contributed by atoms with Crippen LogP contribution in [0.4, 0.5) is 0 Å². The maximum Gasteiger partial charge on any atom is 0.203 e. The Balaban J connectivity index is 1.92. The number of sulfone groups is 2. The molecule has 6 nitrogen and oxygen atoms in total. The van der Waals surface area contributed by atoms with E-state index in [1.54, 1.807) is 18.2 Å². The van der Waals surface area contributed by atoms with Crippen molar-refractivity contribution >= 4 is 42.8 Å². The van der Waals surface area contributed by atoms with E-state index in [0.717, 1.165) is 12.3 Å². The molecule has 1 saturated carbocycles. The fourth-order valence-corrected chi connectivity index (χ4v) is 7.20. The monoisotopic (exact) mass is 478 g/mol. The highest BCUT2D eigenvalue weighted by Gasteiger charge is 2.47. The smallest absolute Gasteiger partial charge is 0.203 e. The van der Waals surface area contributed by atoms with E-state index in [1.807, 2.05) is 0 Å². The second-order valence-corrected chi connectivity index (χ2v) is 12.2. The molecule has 2 unspecified atom stereocenters. The van der Waals surface area contributed by atoms with Gasteiger partial charge < -0.3 is 0 Å². The second-order valence-electron chi connectivity index (χ2n) is 7.87. The van der Waals surface area contributed by atoms with Crippen molar-refractivity contribution in [2.45, 2.75) is 29.1 Å². The number of carbonyl (C=O) groups excluding carboxylic acids is 2. The van der Waals surface area contributed by atoms with E-state index in [4.69, 9.17) is 11.6 Å². The normalized spacial score (nSPS) is 21.4. The van der Waals surface area contributed by atoms with E-state index in [9.17, 15) is 26.4 Å². The summed E-state index contributed by atoms with van der Waals surface area (Å²) in [5.74, 6) is -2.09. The number of hydrogen-bond acceptors (Lipinski definition) is 6. The number of carbonyl (C=O) groups is 2. The topological polar surface area (TPSA) is 102 Å². The number of rotatable bonds is 5. The molecule has 4 rings (SSSR count). The molecule has 2 atom stereocenters. The first-order valence-electron chi connectivity index (χ1n) is 9.64. The molecule has 0 N–H and O–H groups in total. The number of fused-ring (bicyclic) bond motifs is 2. The Labute approximate surface area is 185 Å². The Bertz CT molecular complexity index is 1340.